The molecule has 0 aromatic carbocycles. The van der Waals surface area contributed by atoms with Gasteiger partial charge in [0.2, 0.25) is 5.88 Å². The van der Waals surface area contributed by atoms with E-state index in [4.69, 9.17) is 21.1 Å². The summed E-state index contributed by atoms with van der Waals surface area (Å²) in [7, 11) is 0. The predicted octanol–water partition coefficient (Wildman–Crippen LogP) is 3.55. The third-order valence-electron chi connectivity index (χ3n) is 3.56. The van der Waals surface area contributed by atoms with Crippen molar-refractivity contribution in [1.29, 1.82) is 0 Å². The Labute approximate surface area is 142 Å². The first-order valence-electron chi connectivity index (χ1n) is 7.92. The van der Waals surface area contributed by atoms with Crippen molar-refractivity contribution in [2.75, 3.05) is 19.7 Å². The molecule has 0 spiro atoms. The number of carbonyl (C=O) groups excluding carboxylic acids is 1. The summed E-state index contributed by atoms with van der Waals surface area (Å²) in [5, 5.41) is 0.365. The molecule has 1 aliphatic heterocycles. The molecule has 2 rings (SSSR count). The van der Waals surface area contributed by atoms with Crippen molar-refractivity contribution in [3.63, 3.8) is 0 Å². The van der Waals surface area contributed by atoms with Gasteiger partial charge in [-0.2, -0.15) is 0 Å². The average molecular weight is 342 g/mol. The van der Waals surface area contributed by atoms with Gasteiger partial charge in [0.1, 0.15) is 17.1 Å². The van der Waals surface area contributed by atoms with Gasteiger partial charge in [0.15, 0.2) is 0 Å². The molecule has 0 bridgehead atoms. The molecule has 0 aliphatic carbocycles. The maximum Gasteiger partial charge on any atom is 0.410 e. The number of amides is 1. The summed E-state index contributed by atoms with van der Waals surface area (Å²) < 4.78 is 11.0. The Morgan fingerprint density at radius 2 is 2.22 bits per heavy atom. The zero-order valence-electron chi connectivity index (χ0n) is 13.9. The van der Waals surface area contributed by atoms with E-state index < -0.39 is 5.60 Å². The van der Waals surface area contributed by atoms with Crippen LogP contribution in [0.2, 0.25) is 5.15 Å². The zero-order valence-corrected chi connectivity index (χ0v) is 14.7. The molecule has 0 saturated carbocycles. The Hall–Kier alpha value is -1.56. The van der Waals surface area contributed by atoms with Crippen molar-refractivity contribution in [3.05, 3.63) is 17.5 Å². The van der Waals surface area contributed by atoms with E-state index in [0.29, 0.717) is 30.1 Å². The Morgan fingerprint density at radius 3 is 2.91 bits per heavy atom. The van der Waals surface area contributed by atoms with Crippen LogP contribution in [-0.2, 0) is 4.74 Å². The highest BCUT2D eigenvalue weighted by Gasteiger charge is 2.27. The Morgan fingerprint density at radius 1 is 1.43 bits per heavy atom. The van der Waals surface area contributed by atoms with E-state index in [1.807, 2.05) is 20.8 Å². The third-order valence-corrected chi connectivity index (χ3v) is 3.76. The molecule has 23 heavy (non-hydrogen) atoms. The van der Waals surface area contributed by atoms with Crippen molar-refractivity contribution in [3.8, 4) is 5.88 Å². The van der Waals surface area contributed by atoms with Crippen LogP contribution in [0.15, 0.2) is 12.4 Å². The molecule has 0 radical (unpaired) electrons. The quantitative estimate of drug-likeness (QED) is 0.784. The van der Waals surface area contributed by atoms with Gasteiger partial charge in [-0.25, -0.2) is 14.8 Å². The van der Waals surface area contributed by atoms with Gasteiger partial charge in [0.05, 0.1) is 6.61 Å². The second-order valence-electron chi connectivity index (χ2n) is 6.75. The minimum absolute atomic E-state index is 0.231. The number of halogens is 1. The number of aromatic nitrogens is 2. The van der Waals surface area contributed by atoms with Gasteiger partial charge < -0.3 is 14.4 Å². The lowest BCUT2D eigenvalue weighted by Gasteiger charge is -2.34. The predicted molar refractivity (Wildman–Crippen MR) is 87.7 cm³/mol. The Kier molecular flexibility index (Phi) is 6.04. The smallest absolute Gasteiger partial charge is 0.410 e. The molecule has 1 fully saturated rings. The van der Waals surface area contributed by atoms with Gasteiger partial charge >= 0.3 is 6.09 Å². The summed E-state index contributed by atoms with van der Waals surface area (Å²) in [4.78, 5) is 21.7. The van der Waals surface area contributed by atoms with Crippen LogP contribution in [0.5, 0.6) is 5.88 Å². The van der Waals surface area contributed by atoms with E-state index in [2.05, 4.69) is 9.97 Å². The van der Waals surface area contributed by atoms with E-state index in [-0.39, 0.29) is 6.09 Å². The van der Waals surface area contributed by atoms with Crippen LogP contribution in [-0.4, -0.2) is 46.3 Å². The Bertz CT molecular complexity index is 534. The number of hydrogen-bond acceptors (Lipinski definition) is 5. The fraction of sp³-hybridized carbons (Fsp3) is 0.688. The van der Waals surface area contributed by atoms with Crippen molar-refractivity contribution >= 4 is 17.7 Å². The van der Waals surface area contributed by atoms with Gasteiger partial charge in [-0.05, 0) is 46.0 Å². The van der Waals surface area contributed by atoms with Crippen LogP contribution in [0.4, 0.5) is 4.79 Å². The van der Waals surface area contributed by atoms with Gasteiger partial charge in [-0.3, -0.25) is 0 Å². The summed E-state index contributed by atoms with van der Waals surface area (Å²) in [5.41, 5.74) is -0.459. The minimum atomic E-state index is -0.459. The molecular weight excluding hydrogens is 318 g/mol. The topological polar surface area (TPSA) is 64.5 Å². The van der Waals surface area contributed by atoms with Crippen LogP contribution in [0.25, 0.3) is 0 Å². The molecular formula is C16H24ClN3O3. The van der Waals surface area contributed by atoms with E-state index in [0.717, 1.165) is 25.8 Å². The summed E-state index contributed by atoms with van der Waals surface area (Å²) in [6.07, 6.45) is 4.09. The first-order chi connectivity index (χ1) is 10.8. The summed E-state index contributed by atoms with van der Waals surface area (Å²) in [5.74, 6) is 0.887. The lowest BCUT2D eigenvalue weighted by atomic mass is 9.95. The van der Waals surface area contributed by atoms with Crippen LogP contribution in [0.1, 0.15) is 40.0 Å². The fourth-order valence-corrected chi connectivity index (χ4v) is 2.66. The number of carbonyl (C=O) groups is 1. The van der Waals surface area contributed by atoms with Crippen LogP contribution in [0, 0.1) is 5.92 Å². The number of rotatable bonds is 4. The molecule has 0 unspecified atom stereocenters. The van der Waals surface area contributed by atoms with E-state index >= 15 is 0 Å². The molecule has 1 atom stereocenters. The monoisotopic (exact) mass is 341 g/mol. The first-order valence-corrected chi connectivity index (χ1v) is 8.29. The maximum atomic E-state index is 12.1. The standard InChI is InChI=1S/C16H24ClN3O3/c1-16(2,3)23-15(21)20-7-4-5-12(10-20)6-8-22-14-9-13(17)18-11-19-14/h9,11-12H,4-8,10H2,1-3H3/t12-/m1/s1. The molecule has 1 aliphatic rings. The SMILES string of the molecule is CC(C)(C)OC(=O)N1CCC[C@H](CCOc2cc(Cl)ncn2)C1. The van der Waals surface area contributed by atoms with Crippen LogP contribution >= 0.6 is 11.6 Å². The van der Waals surface area contributed by atoms with Crippen molar-refractivity contribution in [1.82, 2.24) is 14.9 Å². The summed E-state index contributed by atoms with van der Waals surface area (Å²) in [6.45, 7) is 7.66. The normalized spacial score (nSPS) is 18.6. The molecule has 1 aromatic rings. The average Bonchev–Trinajstić information content (AvgIpc) is 2.46. The van der Waals surface area contributed by atoms with E-state index in [1.165, 1.54) is 6.33 Å². The molecule has 7 heteroatoms. The van der Waals surface area contributed by atoms with Crippen molar-refractivity contribution < 1.29 is 14.3 Å². The maximum absolute atomic E-state index is 12.1. The van der Waals surface area contributed by atoms with E-state index in [1.54, 1.807) is 11.0 Å². The molecule has 6 nitrogen and oxygen atoms in total. The number of ether oxygens (including phenoxy) is 2. The first kappa shape index (κ1) is 17.8. The molecule has 1 saturated heterocycles. The lowest BCUT2D eigenvalue weighted by Crippen LogP contribution is -2.43. The Balaban J connectivity index is 1.76. The molecule has 1 amide bonds. The minimum Gasteiger partial charge on any atom is -0.478 e. The number of nitrogens with zero attached hydrogens (tertiary/aromatic N) is 3. The largest absolute Gasteiger partial charge is 0.478 e. The third kappa shape index (κ3) is 6.22. The van der Waals surface area contributed by atoms with Crippen molar-refractivity contribution in [2.45, 2.75) is 45.6 Å². The van der Waals surface area contributed by atoms with Gasteiger partial charge in [-0.1, -0.05) is 11.6 Å². The van der Waals surface area contributed by atoms with Gasteiger partial charge in [-0.15, -0.1) is 0 Å². The van der Waals surface area contributed by atoms with Crippen LogP contribution in [0.3, 0.4) is 0 Å². The fourth-order valence-electron chi connectivity index (χ4n) is 2.52. The molecule has 128 valence electrons. The highest BCUT2D eigenvalue weighted by Crippen LogP contribution is 2.22. The number of hydrogen-bond donors (Lipinski definition) is 0. The summed E-state index contributed by atoms with van der Waals surface area (Å²) >= 11 is 5.79. The van der Waals surface area contributed by atoms with Gasteiger partial charge in [0, 0.05) is 19.2 Å². The van der Waals surface area contributed by atoms with E-state index in [9.17, 15) is 4.79 Å². The zero-order chi connectivity index (χ0) is 16.9. The molecule has 2 heterocycles. The molecule has 0 N–H and O–H groups in total. The number of piperidine rings is 1. The van der Waals surface area contributed by atoms with Gasteiger partial charge in [0.25, 0.3) is 0 Å². The highest BCUT2D eigenvalue weighted by molar-refractivity contribution is 6.29. The molecule has 1 aromatic heterocycles. The number of likely N-dealkylation sites (tertiary alicyclic amines) is 1. The lowest BCUT2D eigenvalue weighted by molar-refractivity contribution is 0.0154. The second-order valence-corrected chi connectivity index (χ2v) is 7.14. The van der Waals surface area contributed by atoms with Crippen molar-refractivity contribution in [2.24, 2.45) is 5.92 Å². The second kappa shape index (κ2) is 7.81. The summed E-state index contributed by atoms with van der Waals surface area (Å²) in [6, 6.07) is 1.59. The van der Waals surface area contributed by atoms with Crippen LogP contribution < -0.4 is 4.74 Å². The highest BCUT2D eigenvalue weighted by atomic mass is 35.5.